The van der Waals surface area contributed by atoms with Crippen molar-refractivity contribution in [2.75, 3.05) is 16.4 Å². The maximum absolute atomic E-state index is 12.3. The average Bonchev–Trinajstić information content (AvgIpc) is 2.72. The molecule has 0 saturated heterocycles. The molecule has 6 heteroatoms. The summed E-state index contributed by atoms with van der Waals surface area (Å²) in [6.07, 6.45) is 4.81. The Bertz CT molecular complexity index is 706. The Balaban J connectivity index is 1.54. The first-order valence-electron chi connectivity index (χ1n) is 7.42. The van der Waals surface area contributed by atoms with E-state index in [9.17, 15) is 9.59 Å². The Morgan fingerprint density at radius 1 is 1.26 bits per heavy atom. The lowest BCUT2D eigenvalue weighted by molar-refractivity contribution is -0.115. The molecule has 1 aromatic carbocycles. The topological polar surface area (TPSA) is 71.1 Å². The number of thioether (sulfide) groups is 1. The summed E-state index contributed by atoms with van der Waals surface area (Å²) in [6.45, 7) is 0. The highest BCUT2D eigenvalue weighted by atomic mass is 32.2. The van der Waals surface area contributed by atoms with Crippen molar-refractivity contribution < 1.29 is 9.59 Å². The van der Waals surface area contributed by atoms with Crippen molar-refractivity contribution in [2.24, 2.45) is 0 Å². The van der Waals surface area contributed by atoms with E-state index >= 15 is 0 Å². The quantitative estimate of drug-likeness (QED) is 0.906. The number of hydrogen-bond donors (Lipinski definition) is 2. The second-order valence-electron chi connectivity index (χ2n) is 5.27. The molecule has 2 N–H and O–H groups in total. The number of para-hydroxylation sites is 1. The second kappa shape index (κ2) is 7.28. The molecule has 2 amide bonds. The van der Waals surface area contributed by atoms with Crippen molar-refractivity contribution in [3.8, 4) is 0 Å². The molecule has 0 spiro atoms. The Labute approximate surface area is 138 Å². The van der Waals surface area contributed by atoms with E-state index in [1.165, 1.54) is 11.8 Å². The van der Waals surface area contributed by atoms with Gasteiger partial charge in [0.15, 0.2) is 0 Å². The van der Waals surface area contributed by atoms with Crippen LogP contribution in [0.15, 0.2) is 48.8 Å². The summed E-state index contributed by atoms with van der Waals surface area (Å²) in [6, 6.07) is 11.3. The highest BCUT2D eigenvalue weighted by Crippen LogP contribution is 2.27. The van der Waals surface area contributed by atoms with Crippen molar-refractivity contribution in [1.82, 2.24) is 4.98 Å². The summed E-state index contributed by atoms with van der Waals surface area (Å²) >= 11 is 1.38. The Morgan fingerprint density at radius 2 is 2.04 bits per heavy atom. The van der Waals surface area contributed by atoms with Gasteiger partial charge in [-0.3, -0.25) is 14.6 Å². The van der Waals surface area contributed by atoms with Gasteiger partial charge < -0.3 is 10.6 Å². The minimum atomic E-state index is -0.217. The summed E-state index contributed by atoms with van der Waals surface area (Å²) in [4.78, 5) is 28.2. The molecule has 2 heterocycles. The molecular weight excluding hydrogens is 310 g/mol. The van der Waals surface area contributed by atoms with E-state index in [1.807, 2.05) is 24.3 Å². The first kappa shape index (κ1) is 15.6. The van der Waals surface area contributed by atoms with Gasteiger partial charge in [0, 0.05) is 23.8 Å². The molecule has 0 radical (unpaired) electrons. The first-order chi connectivity index (χ1) is 11.2. The molecule has 118 valence electrons. The fraction of sp³-hybridized carbons (Fsp3) is 0.235. The zero-order valence-electron chi connectivity index (χ0n) is 12.5. The number of aromatic nitrogens is 1. The van der Waals surface area contributed by atoms with E-state index in [-0.39, 0.29) is 22.8 Å². The number of aryl methyl sites for hydroxylation is 1. The van der Waals surface area contributed by atoms with Gasteiger partial charge in [-0.1, -0.05) is 18.2 Å². The molecule has 0 saturated carbocycles. The zero-order chi connectivity index (χ0) is 16.1. The van der Waals surface area contributed by atoms with E-state index in [4.69, 9.17) is 0 Å². The van der Waals surface area contributed by atoms with Crippen LogP contribution >= 0.6 is 11.8 Å². The van der Waals surface area contributed by atoms with Gasteiger partial charge in [-0.25, -0.2) is 0 Å². The van der Waals surface area contributed by atoms with Crippen LogP contribution in [0.2, 0.25) is 0 Å². The van der Waals surface area contributed by atoms with Gasteiger partial charge >= 0.3 is 0 Å². The number of carbonyl (C=O) groups is 2. The van der Waals surface area contributed by atoms with Gasteiger partial charge in [0.05, 0.1) is 11.0 Å². The Hall–Kier alpha value is -2.34. The summed E-state index contributed by atoms with van der Waals surface area (Å²) in [5.41, 5.74) is 2.73. The van der Waals surface area contributed by atoms with Crippen molar-refractivity contribution in [2.45, 2.75) is 18.1 Å². The number of amides is 2. The first-order valence-corrected chi connectivity index (χ1v) is 8.47. The molecular formula is C17H17N3O2S. The van der Waals surface area contributed by atoms with Crippen molar-refractivity contribution in [3.63, 3.8) is 0 Å². The van der Waals surface area contributed by atoms with Crippen LogP contribution in [-0.4, -0.2) is 27.8 Å². The fourth-order valence-electron chi connectivity index (χ4n) is 2.46. The molecule has 0 unspecified atom stereocenters. The van der Waals surface area contributed by atoms with E-state index in [2.05, 4.69) is 15.6 Å². The minimum Gasteiger partial charge on any atom is -0.325 e. The Morgan fingerprint density at radius 3 is 2.87 bits per heavy atom. The third-order valence-corrected chi connectivity index (χ3v) is 4.90. The van der Waals surface area contributed by atoms with Crippen LogP contribution in [0.25, 0.3) is 0 Å². The number of benzene rings is 1. The van der Waals surface area contributed by atoms with Crippen LogP contribution in [0.1, 0.15) is 12.0 Å². The van der Waals surface area contributed by atoms with Crippen LogP contribution in [0.5, 0.6) is 0 Å². The van der Waals surface area contributed by atoms with Gasteiger partial charge in [-0.15, -0.1) is 11.8 Å². The van der Waals surface area contributed by atoms with Gasteiger partial charge in [-0.2, -0.15) is 0 Å². The van der Waals surface area contributed by atoms with E-state index in [1.54, 1.807) is 24.5 Å². The highest BCUT2D eigenvalue weighted by Gasteiger charge is 2.24. The van der Waals surface area contributed by atoms with Gasteiger partial charge in [-0.05, 0) is 36.6 Å². The summed E-state index contributed by atoms with van der Waals surface area (Å²) in [5.74, 6) is 0.101. The lowest BCUT2D eigenvalue weighted by Crippen LogP contribution is -2.26. The largest absolute Gasteiger partial charge is 0.325 e. The lowest BCUT2D eigenvalue weighted by Gasteiger charge is -2.12. The molecule has 1 atom stereocenters. The molecule has 1 aliphatic heterocycles. The number of fused-ring (bicyclic) bond motifs is 1. The lowest BCUT2D eigenvalue weighted by atomic mass is 10.1. The number of rotatable bonds is 4. The smallest absolute Gasteiger partial charge is 0.237 e. The van der Waals surface area contributed by atoms with Crippen molar-refractivity contribution in [1.29, 1.82) is 0 Å². The van der Waals surface area contributed by atoms with Crippen LogP contribution in [0.4, 0.5) is 11.4 Å². The van der Waals surface area contributed by atoms with E-state index < -0.39 is 0 Å². The van der Waals surface area contributed by atoms with Crippen molar-refractivity contribution >= 4 is 35.0 Å². The number of nitrogens with one attached hydrogen (secondary N) is 2. The van der Waals surface area contributed by atoms with Crippen molar-refractivity contribution in [3.05, 3.63) is 54.4 Å². The van der Waals surface area contributed by atoms with Gasteiger partial charge in [0.25, 0.3) is 0 Å². The maximum Gasteiger partial charge on any atom is 0.237 e. The zero-order valence-corrected chi connectivity index (χ0v) is 13.3. The van der Waals surface area contributed by atoms with Crippen LogP contribution in [0.3, 0.4) is 0 Å². The fourth-order valence-corrected chi connectivity index (χ4v) is 3.38. The monoisotopic (exact) mass is 327 g/mol. The third kappa shape index (κ3) is 4.10. The van der Waals surface area contributed by atoms with Gasteiger partial charge in [0.2, 0.25) is 11.8 Å². The predicted octanol–water partition coefficient (Wildman–Crippen LogP) is 2.71. The molecule has 1 aliphatic rings. The maximum atomic E-state index is 12.3. The standard InChI is InChI=1S/C17H17N3O2S/c21-16(19-13-7-9-18-10-8-13)11-23-15-6-5-12-3-1-2-4-14(12)20-17(15)22/h1-4,7-10,15H,5-6,11H2,(H,20,22)(H,18,19,21)/t15-/m0/s1. The molecule has 5 nitrogen and oxygen atoms in total. The number of nitrogens with zero attached hydrogens (tertiary/aromatic N) is 1. The molecule has 23 heavy (non-hydrogen) atoms. The highest BCUT2D eigenvalue weighted by molar-refractivity contribution is 8.01. The van der Waals surface area contributed by atoms with Gasteiger partial charge in [0.1, 0.15) is 0 Å². The molecule has 0 fully saturated rings. The molecule has 2 aromatic rings. The molecule has 1 aromatic heterocycles. The number of hydrogen-bond acceptors (Lipinski definition) is 4. The van der Waals surface area contributed by atoms with Crippen LogP contribution in [-0.2, 0) is 16.0 Å². The summed E-state index contributed by atoms with van der Waals surface area (Å²) < 4.78 is 0. The number of carbonyl (C=O) groups excluding carboxylic acids is 2. The molecule has 3 rings (SSSR count). The van der Waals surface area contributed by atoms with Crippen LogP contribution < -0.4 is 10.6 Å². The molecule has 0 aliphatic carbocycles. The SMILES string of the molecule is O=C(CS[C@H]1CCc2ccccc2NC1=O)Nc1ccncc1. The average molecular weight is 327 g/mol. The Kier molecular flexibility index (Phi) is 4.92. The third-order valence-electron chi connectivity index (χ3n) is 3.62. The van der Waals surface area contributed by atoms with Crippen LogP contribution in [0, 0.1) is 0 Å². The van der Waals surface area contributed by atoms with E-state index in [0.717, 1.165) is 24.1 Å². The molecule has 0 bridgehead atoms. The number of pyridine rings is 1. The summed E-state index contributed by atoms with van der Waals surface area (Å²) in [7, 11) is 0. The normalized spacial score (nSPS) is 16.9. The van der Waals surface area contributed by atoms with E-state index in [0.29, 0.717) is 5.69 Å². The minimum absolute atomic E-state index is 0.0309. The predicted molar refractivity (Wildman–Crippen MR) is 92.5 cm³/mol. The number of anilines is 2. The second-order valence-corrected chi connectivity index (χ2v) is 6.46. The summed E-state index contributed by atoms with van der Waals surface area (Å²) in [5, 5.41) is 5.53.